The van der Waals surface area contributed by atoms with E-state index in [0.717, 1.165) is 14.9 Å². The Balaban J connectivity index is 2.48. The number of carboxylic acid groups (broad SMARTS) is 1. The molecule has 1 heterocycles. The van der Waals surface area contributed by atoms with Crippen molar-refractivity contribution in [3.63, 3.8) is 0 Å². The van der Waals surface area contributed by atoms with E-state index in [2.05, 4.69) is 20.9 Å². The van der Waals surface area contributed by atoms with E-state index in [1.165, 1.54) is 11.3 Å². The van der Waals surface area contributed by atoms with E-state index in [1.54, 1.807) is 17.5 Å². The predicted molar refractivity (Wildman–Crippen MR) is 77.1 cm³/mol. The summed E-state index contributed by atoms with van der Waals surface area (Å²) in [6, 6.07) is 5.33. The normalized spacial score (nSPS) is 10.5. The molecule has 0 atom stereocenters. The molecule has 2 N–H and O–H groups in total. The third kappa shape index (κ3) is 2.94. The average molecular weight is 343 g/mol. The van der Waals surface area contributed by atoms with E-state index < -0.39 is 6.09 Å². The number of nitrogens with zero attached hydrogens (tertiary/aromatic N) is 2. The monoisotopic (exact) mass is 342 g/mol. The van der Waals surface area contributed by atoms with E-state index >= 15 is 0 Å². The van der Waals surface area contributed by atoms with Crippen LogP contribution in [0.3, 0.4) is 0 Å². The molecule has 0 unspecified atom stereocenters. The van der Waals surface area contributed by atoms with E-state index in [0.29, 0.717) is 16.5 Å². The zero-order valence-corrected chi connectivity index (χ0v) is 12.4. The molecular formula is C12H11BrN2O3S. The second-order valence-electron chi connectivity index (χ2n) is 3.83. The van der Waals surface area contributed by atoms with Crippen LogP contribution in [0.5, 0.6) is 0 Å². The van der Waals surface area contributed by atoms with Crippen LogP contribution < -0.4 is 4.90 Å². The highest BCUT2D eigenvalue weighted by Crippen LogP contribution is 2.32. The number of hydrogen-bond acceptors (Lipinski definition) is 4. The van der Waals surface area contributed by atoms with Gasteiger partial charge in [0.25, 0.3) is 0 Å². The number of aryl methyl sites for hydroxylation is 1. The van der Waals surface area contributed by atoms with Gasteiger partial charge in [-0.1, -0.05) is 15.9 Å². The summed E-state index contributed by atoms with van der Waals surface area (Å²) in [4.78, 5) is 16.7. The molecule has 0 aliphatic rings. The molecule has 100 valence electrons. The lowest BCUT2D eigenvalue weighted by Gasteiger charge is -2.18. The first-order valence-electron chi connectivity index (χ1n) is 5.37. The number of aliphatic hydroxyl groups is 1. The van der Waals surface area contributed by atoms with Crippen LogP contribution in [-0.2, 0) is 6.61 Å². The fourth-order valence-corrected chi connectivity index (χ4v) is 2.93. The molecule has 0 aliphatic carbocycles. The molecular weight excluding hydrogens is 332 g/mol. The van der Waals surface area contributed by atoms with Crippen molar-refractivity contribution in [2.45, 2.75) is 13.5 Å². The van der Waals surface area contributed by atoms with Crippen molar-refractivity contribution >= 4 is 44.2 Å². The third-order valence-electron chi connectivity index (χ3n) is 2.48. The Morgan fingerprint density at radius 1 is 1.53 bits per heavy atom. The number of thiazole rings is 1. The summed E-state index contributed by atoms with van der Waals surface area (Å²) >= 11 is 4.52. The standard InChI is InChI=1S/C12H11BrN2O3S/c1-7-4-8(13)2-3-10(7)15(12(17)18)11-14-9(5-16)6-19-11/h2-4,6,16H,5H2,1H3,(H,17,18). The Hall–Kier alpha value is -1.44. The Morgan fingerprint density at radius 3 is 2.79 bits per heavy atom. The smallest absolute Gasteiger partial charge is 0.418 e. The largest absolute Gasteiger partial charge is 0.464 e. The minimum atomic E-state index is -1.11. The summed E-state index contributed by atoms with van der Waals surface area (Å²) in [5.41, 5.74) is 1.83. The van der Waals surface area contributed by atoms with Crippen molar-refractivity contribution in [1.82, 2.24) is 4.98 Å². The number of rotatable bonds is 3. The highest BCUT2D eigenvalue weighted by atomic mass is 79.9. The van der Waals surface area contributed by atoms with Gasteiger partial charge in [-0.25, -0.2) is 14.7 Å². The Labute approximate surface area is 122 Å². The lowest BCUT2D eigenvalue weighted by atomic mass is 10.2. The highest BCUT2D eigenvalue weighted by molar-refractivity contribution is 9.10. The van der Waals surface area contributed by atoms with Crippen molar-refractivity contribution in [2.75, 3.05) is 4.90 Å². The first-order chi connectivity index (χ1) is 9.02. The molecule has 0 spiro atoms. The average Bonchev–Trinajstić information content (AvgIpc) is 2.80. The zero-order valence-electron chi connectivity index (χ0n) is 10.00. The van der Waals surface area contributed by atoms with Gasteiger partial charge in [-0.3, -0.25) is 0 Å². The number of amides is 1. The molecule has 0 aliphatic heterocycles. The van der Waals surface area contributed by atoms with E-state index in [9.17, 15) is 9.90 Å². The first kappa shape index (κ1) is 14.0. The van der Waals surface area contributed by atoms with Crippen LogP contribution in [0.15, 0.2) is 28.1 Å². The summed E-state index contributed by atoms with van der Waals surface area (Å²) in [5, 5.41) is 20.3. The molecule has 1 aromatic heterocycles. The van der Waals surface area contributed by atoms with Crippen LogP contribution in [0.2, 0.25) is 0 Å². The van der Waals surface area contributed by atoms with Gasteiger partial charge in [0.2, 0.25) is 0 Å². The Morgan fingerprint density at radius 2 is 2.26 bits per heavy atom. The van der Waals surface area contributed by atoms with Gasteiger partial charge in [-0.2, -0.15) is 0 Å². The van der Waals surface area contributed by atoms with Gasteiger partial charge in [0, 0.05) is 9.85 Å². The number of halogens is 1. The summed E-state index contributed by atoms with van der Waals surface area (Å²) in [6.45, 7) is 1.62. The number of benzene rings is 1. The van der Waals surface area contributed by atoms with Gasteiger partial charge in [0.05, 0.1) is 18.0 Å². The van der Waals surface area contributed by atoms with Crippen LogP contribution in [0.4, 0.5) is 15.6 Å². The van der Waals surface area contributed by atoms with Crippen molar-refractivity contribution in [3.05, 3.63) is 39.3 Å². The van der Waals surface area contributed by atoms with Crippen molar-refractivity contribution in [3.8, 4) is 0 Å². The van der Waals surface area contributed by atoms with Crippen LogP contribution >= 0.6 is 27.3 Å². The maximum absolute atomic E-state index is 11.5. The predicted octanol–water partition coefficient (Wildman–Crippen LogP) is 3.52. The second-order valence-corrected chi connectivity index (χ2v) is 5.58. The van der Waals surface area contributed by atoms with E-state index in [1.807, 2.05) is 13.0 Å². The molecule has 0 radical (unpaired) electrons. The molecule has 0 bridgehead atoms. The SMILES string of the molecule is Cc1cc(Br)ccc1N(C(=O)O)c1nc(CO)cs1. The van der Waals surface area contributed by atoms with Crippen LogP contribution in [0.25, 0.3) is 0 Å². The van der Waals surface area contributed by atoms with Gasteiger partial charge in [-0.15, -0.1) is 11.3 Å². The second kappa shape index (κ2) is 5.68. The summed E-state index contributed by atoms with van der Waals surface area (Å²) < 4.78 is 0.884. The molecule has 19 heavy (non-hydrogen) atoms. The fourth-order valence-electron chi connectivity index (χ4n) is 1.63. The minimum absolute atomic E-state index is 0.205. The number of aliphatic hydroxyl groups excluding tert-OH is 1. The van der Waals surface area contributed by atoms with Gasteiger partial charge >= 0.3 is 6.09 Å². The van der Waals surface area contributed by atoms with Gasteiger partial charge < -0.3 is 10.2 Å². The van der Waals surface area contributed by atoms with Crippen molar-refractivity contribution in [1.29, 1.82) is 0 Å². The molecule has 2 rings (SSSR count). The van der Waals surface area contributed by atoms with Crippen LogP contribution in [-0.4, -0.2) is 21.3 Å². The van der Waals surface area contributed by atoms with Crippen LogP contribution in [0, 0.1) is 6.92 Å². The van der Waals surface area contributed by atoms with Gasteiger partial charge in [0.1, 0.15) is 0 Å². The summed E-state index contributed by atoms with van der Waals surface area (Å²) in [6.07, 6.45) is -1.11. The van der Waals surface area contributed by atoms with Crippen LogP contribution in [0.1, 0.15) is 11.3 Å². The first-order valence-corrected chi connectivity index (χ1v) is 7.04. The Bertz CT molecular complexity index is 615. The summed E-state index contributed by atoms with van der Waals surface area (Å²) in [5.74, 6) is 0. The fraction of sp³-hybridized carbons (Fsp3) is 0.167. The number of hydrogen-bond donors (Lipinski definition) is 2. The maximum atomic E-state index is 11.5. The molecule has 0 saturated heterocycles. The molecule has 7 heteroatoms. The van der Waals surface area contributed by atoms with Gasteiger partial charge in [-0.05, 0) is 30.7 Å². The summed E-state index contributed by atoms with van der Waals surface area (Å²) in [7, 11) is 0. The molecule has 0 fully saturated rings. The maximum Gasteiger partial charge on any atom is 0.418 e. The number of aromatic nitrogens is 1. The lowest BCUT2D eigenvalue weighted by molar-refractivity contribution is 0.204. The van der Waals surface area contributed by atoms with E-state index in [4.69, 9.17) is 5.11 Å². The minimum Gasteiger partial charge on any atom is -0.464 e. The highest BCUT2D eigenvalue weighted by Gasteiger charge is 2.22. The zero-order chi connectivity index (χ0) is 14.0. The molecule has 5 nitrogen and oxygen atoms in total. The number of carbonyl (C=O) groups is 1. The van der Waals surface area contributed by atoms with Crippen molar-refractivity contribution in [2.24, 2.45) is 0 Å². The van der Waals surface area contributed by atoms with E-state index in [-0.39, 0.29) is 6.61 Å². The van der Waals surface area contributed by atoms with Crippen molar-refractivity contribution < 1.29 is 15.0 Å². The molecule has 1 aromatic carbocycles. The molecule has 2 aromatic rings. The quantitative estimate of drug-likeness (QED) is 0.894. The molecule has 1 amide bonds. The Kier molecular flexibility index (Phi) is 4.18. The van der Waals surface area contributed by atoms with Gasteiger partial charge in [0.15, 0.2) is 5.13 Å². The topological polar surface area (TPSA) is 73.7 Å². The number of anilines is 2. The lowest BCUT2D eigenvalue weighted by Crippen LogP contribution is -2.24. The third-order valence-corrected chi connectivity index (χ3v) is 3.85. The molecule has 0 saturated carbocycles.